The van der Waals surface area contributed by atoms with Crippen LogP contribution in [0.4, 0.5) is 5.69 Å². The first kappa shape index (κ1) is 13.4. The highest BCUT2D eigenvalue weighted by Crippen LogP contribution is 2.40. The summed E-state index contributed by atoms with van der Waals surface area (Å²) in [6.45, 7) is 1.34. The molecule has 2 N–H and O–H groups in total. The van der Waals surface area contributed by atoms with Crippen molar-refractivity contribution >= 4 is 31.6 Å². The van der Waals surface area contributed by atoms with Crippen LogP contribution in [0.1, 0.15) is 19.3 Å². The normalized spacial score (nSPS) is 27.6. The predicted molar refractivity (Wildman–Crippen MR) is 78.1 cm³/mol. The van der Waals surface area contributed by atoms with Crippen molar-refractivity contribution in [3.63, 3.8) is 0 Å². The lowest BCUT2D eigenvalue weighted by Gasteiger charge is -2.18. The fraction of sp³-hybridized carbons (Fsp3) is 0.538. The summed E-state index contributed by atoms with van der Waals surface area (Å²) in [5.41, 5.74) is 6.22. The number of hydrogen-bond donors (Lipinski definition) is 1. The summed E-state index contributed by atoms with van der Waals surface area (Å²) in [4.78, 5) is 0.321. The van der Waals surface area contributed by atoms with Gasteiger partial charge in [-0.2, -0.15) is 4.31 Å². The molecule has 0 amide bonds. The van der Waals surface area contributed by atoms with Crippen LogP contribution in [0.3, 0.4) is 0 Å². The fourth-order valence-electron chi connectivity index (χ4n) is 3.25. The summed E-state index contributed by atoms with van der Waals surface area (Å²) in [6, 6.07) is 4.86. The van der Waals surface area contributed by atoms with Gasteiger partial charge in [-0.1, -0.05) is 6.42 Å². The third kappa shape index (κ3) is 2.30. The molecule has 1 aromatic rings. The minimum atomic E-state index is -3.40. The van der Waals surface area contributed by atoms with Gasteiger partial charge in [0, 0.05) is 23.2 Å². The first-order chi connectivity index (χ1) is 8.98. The minimum Gasteiger partial charge on any atom is -0.399 e. The Morgan fingerprint density at radius 3 is 2.42 bits per heavy atom. The molecular formula is C13H17BrN2O2S. The van der Waals surface area contributed by atoms with E-state index in [1.54, 1.807) is 22.5 Å². The van der Waals surface area contributed by atoms with Gasteiger partial charge in [0.05, 0.1) is 4.90 Å². The maximum Gasteiger partial charge on any atom is 0.244 e. The maximum absolute atomic E-state index is 12.7. The van der Waals surface area contributed by atoms with Crippen LogP contribution < -0.4 is 5.73 Å². The van der Waals surface area contributed by atoms with Gasteiger partial charge in [-0.15, -0.1) is 0 Å². The van der Waals surface area contributed by atoms with E-state index in [0.717, 1.165) is 0 Å². The van der Waals surface area contributed by atoms with Crippen LogP contribution in [0.15, 0.2) is 27.6 Å². The molecule has 1 aliphatic carbocycles. The van der Waals surface area contributed by atoms with Gasteiger partial charge in [0.2, 0.25) is 10.0 Å². The van der Waals surface area contributed by atoms with Gasteiger partial charge in [0.1, 0.15) is 0 Å². The van der Waals surface area contributed by atoms with E-state index in [0.29, 0.717) is 40.0 Å². The molecule has 2 atom stereocenters. The highest BCUT2D eigenvalue weighted by atomic mass is 79.9. The quantitative estimate of drug-likeness (QED) is 0.838. The van der Waals surface area contributed by atoms with Crippen LogP contribution in [0, 0.1) is 11.8 Å². The lowest BCUT2D eigenvalue weighted by molar-refractivity contribution is 0.445. The zero-order chi connectivity index (χ0) is 13.6. The van der Waals surface area contributed by atoms with Crippen molar-refractivity contribution < 1.29 is 8.42 Å². The molecule has 2 aliphatic rings. The number of benzene rings is 1. The van der Waals surface area contributed by atoms with E-state index >= 15 is 0 Å². The average Bonchev–Trinajstić information content (AvgIpc) is 2.87. The Morgan fingerprint density at radius 2 is 1.84 bits per heavy atom. The van der Waals surface area contributed by atoms with Crippen molar-refractivity contribution in [2.24, 2.45) is 11.8 Å². The molecule has 1 saturated heterocycles. The molecule has 6 heteroatoms. The molecule has 2 unspecified atom stereocenters. The second-order valence-electron chi connectivity index (χ2n) is 5.46. The number of nitrogens with zero attached hydrogens (tertiary/aromatic N) is 1. The first-order valence-electron chi connectivity index (χ1n) is 6.53. The summed E-state index contributed by atoms with van der Waals surface area (Å²) < 4.78 is 27.5. The van der Waals surface area contributed by atoms with Crippen LogP contribution in [0.25, 0.3) is 0 Å². The van der Waals surface area contributed by atoms with Crippen molar-refractivity contribution in [1.29, 1.82) is 0 Å². The number of fused-ring (bicyclic) bond motifs is 1. The van der Waals surface area contributed by atoms with Gasteiger partial charge in [-0.3, -0.25) is 0 Å². The molecule has 0 spiro atoms. The van der Waals surface area contributed by atoms with E-state index in [1.807, 2.05) is 0 Å². The molecule has 3 rings (SSSR count). The largest absolute Gasteiger partial charge is 0.399 e. The number of halogens is 1. The molecule has 1 aromatic carbocycles. The maximum atomic E-state index is 12.7. The van der Waals surface area contributed by atoms with Crippen LogP contribution in [0.5, 0.6) is 0 Å². The highest BCUT2D eigenvalue weighted by molar-refractivity contribution is 9.10. The van der Waals surface area contributed by atoms with E-state index in [4.69, 9.17) is 5.73 Å². The van der Waals surface area contributed by atoms with E-state index in [-0.39, 0.29) is 0 Å². The molecular weight excluding hydrogens is 328 g/mol. The molecule has 0 aromatic heterocycles. The second-order valence-corrected chi connectivity index (χ2v) is 8.22. The Kier molecular flexibility index (Phi) is 3.35. The second kappa shape index (κ2) is 4.75. The van der Waals surface area contributed by atoms with Gasteiger partial charge >= 0.3 is 0 Å². The Morgan fingerprint density at radius 1 is 1.21 bits per heavy atom. The monoisotopic (exact) mass is 344 g/mol. The summed E-state index contributed by atoms with van der Waals surface area (Å²) >= 11 is 3.31. The van der Waals surface area contributed by atoms with Gasteiger partial charge in [-0.05, 0) is 58.8 Å². The van der Waals surface area contributed by atoms with Crippen molar-refractivity contribution in [2.45, 2.75) is 24.2 Å². The fourth-order valence-corrected chi connectivity index (χ4v) is 5.86. The lowest BCUT2D eigenvalue weighted by Crippen LogP contribution is -2.30. The summed E-state index contributed by atoms with van der Waals surface area (Å²) in [5.74, 6) is 1.12. The van der Waals surface area contributed by atoms with Gasteiger partial charge in [0.25, 0.3) is 0 Å². The molecule has 0 bridgehead atoms. The van der Waals surface area contributed by atoms with Gasteiger partial charge in [0.15, 0.2) is 0 Å². The van der Waals surface area contributed by atoms with E-state index in [1.165, 1.54) is 19.3 Å². The smallest absolute Gasteiger partial charge is 0.244 e. The van der Waals surface area contributed by atoms with Crippen LogP contribution in [0.2, 0.25) is 0 Å². The zero-order valence-corrected chi connectivity index (χ0v) is 13.0. The number of hydrogen-bond acceptors (Lipinski definition) is 3. The van der Waals surface area contributed by atoms with Crippen molar-refractivity contribution in [3.05, 3.63) is 22.7 Å². The summed E-state index contributed by atoms with van der Waals surface area (Å²) in [5, 5.41) is 0. The number of sulfonamides is 1. The third-order valence-corrected chi connectivity index (χ3v) is 7.07. The molecule has 1 heterocycles. The average molecular weight is 345 g/mol. The SMILES string of the molecule is Nc1ccc(S(=O)(=O)N2CC3CCCC3C2)c(Br)c1. The molecule has 2 fully saturated rings. The standard InChI is InChI=1S/C13H17BrN2O2S/c14-12-6-11(15)4-5-13(12)19(17,18)16-7-9-2-1-3-10(9)8-16/h4-6,9-10H,1-3,7-8,15H2. The van der Waals surface area contributed by atoms with Crippen LogP contribution >= 0.6 is 15.9 Å². The Hall–Kier alpha value is -0.590. The van der Waals surface area contributed by atoms with E-state index < -0.39 is 10.0 Å². The topological polar surface area (TPSA) is 63.4 Å². The van der Waals surface area contributed by atoms with Crippen molar-refractivity contribution in [1.82, 2.24) is 4.31 Å². The van der Waals surface area contributed by atoms with Gasteiger partial charge < -0.3 is 5.73 Å². The van der Waals surface area contributed by atoms with Crippen LogP contribution in [-0.4, -0.2) is 25.8 Å². The number of rotatable bonds is 2. The minimum absolute atomic E-state index is 0.321. The van der Waals surface area contributed by atoms with Crippen molar-refractivity contribution in [3.8, 4) is 0 Å². The Bertz CT molecular complexity index is 591. The molecule has 4 nitrogen and oxygen atoms in total. The molecule has 0 radical (unpaired) electrons. The van der Waals surface area contributed by atoms with Gasteiger partial charge in [-0.25, -0.2) is 8.42 Å². The third-order valence-electron chi connectivity index (χ3n) is 4.27. The molecule has 1 aliphatic heterocycles. The number of nitrogens with two attached hydrogens (primary N) is 1. The molecule has 1 saturated carbocycles. The number of anilines is 1. The first-order valence-corrected chi connectivity index (χ1v) is 8.77. The Labute approximate surface area is 122 Å². The number of nitrogen functional groups attached to an aromatic ring is 1. The lowest BCUT2D eigenvalue weighted by atomic mass is 10.0. The zero-order valence-electron chi connectivity index (χ0n) is 10.5. The highest BCUT2D eigenvalue weighted by Gasteiger charge is 2.41. The van der Waals surface area contributed by atoms with E-state index in [9.17, 15) is 8.42 Å². The predicted octanol–water partition coefficient (Wildman–Crippen LogP) is 2.45. The Balaban J connectivity index is 1.91. The van der Waals surface area contributed by atoms with Crippen LogP contribution in [-0.2, 0) is 10.0 Å². The molecule has 19 heavy (non-hydrogen) atoms. The van der Waals surface area contributed by atoms with Crippen molar-refractivity contribution in [2.75, 3.05) is 18.8 Å². The molecule has 104 valence electrons. The summed E-state index contributed by atoms with van der Waals surface area (Å²) in [7, 11) is -3.40. The summed E-state index contributed by atoms with van der Waals surface area (Å²) in [6.07, 6.45) is 3.58. The van der Waals surface area contributed by atoms with E-state index in [2.05, 4.69) is 15.9 Å².